The second-order valence-electron chi connectivity index (χ2n) is 2.26. The summed E-state index contributed by atoms with van der Waals surface area (Å²) in [7, 11) is 0. The van der Waals surface area contributed by atoms with E-state index in [0.717, 1.165) is 18.3 Å². The summed E-state index contributed by atoms with van der Waals surface area (Å²) in [6.07, 6.45) is -3.62. The van der Waals surface area contributed by atoms with Crippen LogP contribution in [0.3, 0.4) is 0 Å². The molecule has 0 saturated carbocycles. The molecule has 1 rings (SSSR count). The van der Waals surface area contributed by atoms with Gasteiger partial charge in [-0.25, -0.2) is 9.78 Å². The predicted octanol–water partition coefficient (Wildman–Crippen LogP) is 2.41. The summed E-state index contributed by atoms with van der Waals surface area (Å²) in [6, 6.07) is 1.78. The van der Waals surface area contributed by atoms with Gasteiger partial charge in [0, 0.05) is 6.20 Å². The average molecular weight is 226 g/mol. The fourth-order valence-corrected chi connectivity index (χ4v) is 0.906. The highest BCUT2D eigenvalue weighted by Crippen LogP contribution is 2.31. The van der Waals surface area contributed by atoms with Crippen LogP contribution in [0.1, 0.15) is 16.1 Å². The van der Waals surface area contributed by atoms with Crippen molar-refractivity contribution >= 4 is 17.8 Å². The molecule has 0 N–H and O–H groups in total. The molecule has 1 heterocycles. The van der Waals surface area contributed by atoms with Gasteiger partial charge < -0.3 is 4.29 Å². The summed E-state index contributed by atoms with van der Waals surface area (Å²) in [5.74, 6) is -1.33. The van der Waals surface area contributed by atoms with Crippen molar-refractivity contribution in [2.75, 3.05) is 0 Å². The van der Waals surface area contributed by atoms with E-state index in [4.69, 9.17) is 0 Å². The second kappa shape index (κ2) is 3.83. The SMILES string of the molecule is O=C(OCl)c1ncccc1C(F)(F)F. The molecule has 0 aliphatic heterocycles. The van der Waals surface area contributed by atoms with Crippen molar-refractivity contribution in [2.45, 2.75) is 6.18 Å². The number of nitrogens with zero attached hydrogens (tertiary/aromatic N) is 1. The number of pyridine rings is 1. The van der Waals surface area contributed by atoms with E-state index in [9.17, 15) is 18.0 Å². The molecule has 14 heavy (non-hydrogen) atoms. The number of carbonyl (C=O) groups excluding carboxylic acids is 1. The van der Waals surface area contributed by atoms with E-state index in [0.29, 0.717) is 0 Å². The van der Waals surface area contributed by atoms with Crippen LogP contribution >= 0.6 is 11.9 Å². The van der Waals surface area contributed by atoms with Gasteiger partial charge in [-0.3, -0.25) is 0 Å². The summed E-state index contributed by atoms with van der Waals surface area (Å²) >= 11 is 4.65. The Morgan fingerprint density at radius 1 is 1.50 bits per heavy atom. The molecule has 7 heteroatoms. The van der Waals surface area contributed by atoms with Crippen molar-refractivity contribution in [1.82, 2.24) is 4.98 Å². The van der Waals surface area contributed by atoms with E-state index >= 15 is 0 Å². The molecule has 0 radical (unpaired) electrons. The van der Waals surface area contributed by atoms with Gasteiger partial charge in [-0.05, 0) is 12.1 Å². The number of alkyl halides is 3. The summed E-state index contributed by atoms with van der Waals surface area (Å²) in [5.41, 5.74) is -2.03. The molecular formula is C7H3ClF3NO2. The molecule has 1 aromatic rings. The standard InChI is InChI=1S/C7H3ClF3NO2/c8-14-6(13)5-4(7(9,10)11)2-1-3-12-5/h1-3H. The largest absolute Gasteiger partial charge is 0.418 e. The zero-order valence-electron chi connectivity index (χ0n) is 6.51. The van der Waals surface area contributed by atoms with Crippen molar-refractivity contribution in [3.8, 4) is 0 Å². The van der Waals surface area contributed by atoms with Crippen LogP contribution in [-0.4, -0.2) is 11.0 Å². The lowest BCUT2D eigenvalue weighted by Crippen LogP contribution is -2.14. The van der Waals surface area contributed by atoms with E-state index in [1.807, 2.05) is 0 Å². The van der Waals surface area contributed by atoms with E-state index in [-0.39, 0.29) is 0 Å². The van der Waals surface area contributed by atoms with Crippen molar-refractivity contribution in [3.05, 3.63) is 29.6 Å². The fraction of sp³-hybridized carbons (Fsp3) is 0.143. The first-order valence-corrected chi connectivity index (χ1v) is 3.63. The van der Waals surface area contributed by atoms with Gasteiger partial charge in [0.1, 0.15) is 11.9 Å². The fourth-order valence-electron chi connectivity index (χ4n) is 0.833. The summed E-state index contributed by atoms with van der Waals surface area (Å²) in [5, 5.41) is 0. The third-order valence-electron chi connectivity index (χ3n) is 1.38. The zero-order chi connectivity index (χ0) is 10.8. The predicted molar refractivity (Wildman–Crippen MR) is 40.5 cm³/mol. The van der Waals surface area contributed by atoms with Gasteiger partial charge in [-0.2, -0.15) is 13.2 Å². The number of hydrogen-bond donors (Lipinski definition) is 0. The molecule has 0 amide bonds. The first-order chi connectivity index (χ1) is 6.46. The normalized spacial score (nSPS) is 11.1. The van der Waals surface area contributed by atoms with Crippen LogP contribution in [0.15, 0.2) is 18.3 Å². The van der Waals surface area contributed by atoms with Gasteiger partial charge in [0.15, 0.2) is 5.69 Å². The van der Waals surface area contributed by atoms with Crippen LogP contribution in [-0.2, 0) is 10.5 Å². The molecule has 0 atom stereocenters. The Labute approximate surface area is 81.6 Å². The van der Waals surface area contributed by atoms with Gasteiger partial charge in [0.2, 0.25) is 0 Å². The highest BCUT2D eigenvalue weighted by atomic mass is 35.5. The van der Waals surface area contributed by atoms with Crippen LogP contribution < -0.4 is 0 Å². The number of rotatable bonds is 1. The molecule has 0 aliphatic rings. The summed E-state index contributed by atoms with van der Waals surface area (Å²) < 4.78 is 40.4. The maximum Gasteiger partial charge on any atom is 0.418 e. The number of halogens is 4. The highest BCUT2D eigenvalue weighted by Gasteiger charge is 2.36. The summed E-state index contributed by atoms with van der Waals surface area (Å²) in [6.45, 7) is 0. The quantitative estimate of drug-likeness (QED) is 0.737. The third-order valence-corrected chi connectivity index (χ3v) is 1.52. The van der Waals surface area contributed by atoms with Crippen LogP contribution in [0.5, 0.6) is 0 Å². The Kier molecular flexibility index (Phi) is 2.95. The molecule has 1 aromatic heterocycles. The maximum absolute atomic E-state index is 12.3. The molecule has 3 nitrogen and oxygen atoms in total. The topological polar surface area (TPSA) is 39.2 Å². The van der Waals surface area contributed by atoms with Crippen LogP contribution in [0, 0.1) is 0 Å². The Bertz CT molecular complexity index is 353. The Hall–Kier alpha value is -1.30. The van der Waals surface area contributed by atoms with Crippen molar-refractivity contribution in [2.24, 2.45) is 0 Å². The van der Waals surface area contributed by atoms with Crippen molar-refractivity contribution in [3.63, 3.8) is 0 Å². The monoisotopic (exact) mass is 225 g/mol. The second-order valence-corrected chi connectivity index (χ2v) is 2.42. The highest BCUT2D eigenvalue weighted by molar-refractivity contribution is 6.15. The Morgan fingerprint density at radius 3 is 2.64 bits per heavy atom. The van der Waals surface area contributed by atoms with Crippen LogP contribution in [0.4, 0.5) is 13.2 Å². The minimum Gasteiger partial charge on any atom is -0.342 e. The summed E-state index contributed by atoms with van der Waals surface area (Å²) in [4.78, 5) is 14.0. The van der Waals surface area contributed by atoms with E-state index in [2.05, 4.69) is 21.1 Å². The smallest absolute Gasteiger partial charge is 0.342 e. The van der Waals surface area contributed by atoms with Gasteiger partial charge in [-0.1, -0.05) is 0 Å². The molecule has 0 aromatic carbocycles. The molecule has 0 saturated heterocycles. The Morgan fingerprint density at radius 2 is 2.14 bits per heavy atom. The molecule has 0 unspecified atom stereocenters. The maximum atomic E-state index is 12.3. The minimum absolute atomic E-state index is 0.718. The lowest BCUT2D eigenvalue weighted by Gasteiger charge is -2.08. The van der Waals surface area contributed by atoms with Crippen molar-refractivity contribution < 1.29 is 22.3 Å². The molecule has 0 fully saturated rings. The molecule has 0 bridgehead atoms. The van der Waals surface area contributed by atoms with Gasteiger partial charge >= 0.3 is 12.1 Å². The van der Waals surface area contributed by atoms with Crippen LogP contribution in [0.25, 0.3) is 0 Å². The lowest BCUT2D eigenvalue weighted by molar-refractivity contribution is -0.138. The lowest BCUT2D eigenvalue weighted by atomic mass is 10.2. The van der Waals surface area contributed by atoms with E-state index in [1.54, 1.807) is 0 Å². The number of carbonyl (C=O) groups is 1. The van der Waals surface area contributed by atoms with Gasteiger partial charge in [0.25, 0.3) is 0 Å². The third kappa shape index (κ3) is 2.14. The van der Waals surface area contributed by atoms with Crippen molar-refractivity contribution in [1.29, 1.82) is 0 Å². The number of hydrogen-bond acceptors (Lipinski definition) is 3. The molecule has 0 spiro atoms. The number of aromatic nitrogens is 1. The van der Waals surface area contributed by atoms with Gasteiger partial charge in [-0.15, -0.1) is 0 Å². The zero-order valence-corrected chi connectivity index (χ0v) is 7.26. The van der Waals surface area contributed by atoms with E-state index < -0.39 is 23.4 Å². The minimum atomic E-state index is -4.66. The van der Waals surface area contributed by atoms with Gasteiger partial charge in [0.05, 0.1) is 5.56 Å². The molecular weight excluding hydrogens is 223 g/mol. The molecule has 76 valence electrons. The van der Waals surface area contributed by atoms with Crippen LogP contribution in [0.2, 0.25) is 0 Å². The first kappa shape index (κ1) is 10.8. The Balaban J connectivity index is 3.23. The van der Waals surface area contributed by atoms with E-state index in [1.165, 1.54) is 0 Å². The first-order valence-electron chi connectivity index (χ1n) is 3.32. The average Bonchev–Trinajstić information content (AvgIpc) is 2.15. The molecule has 0 aliphatic carbocycles.